The molecule has 2 heterocycles. The van der Waals surface area contributed by atoms with Crippen molar-refractivity contribution in [1.29, 1.82) is 0 Å². The fourth-order valence-corrected chi connectivity index (χ4v) is 4.74. The molecule has 186 valence electrons. The van der Waals surface area contributed by atoms with Gasteiger partial charge in [-0.05, 0) is 68.3 Å². The van der Waals surface area contributed by atoms with E-state index in [1.54, 1.807) is 12.1 Å². The molecule has 0 spiro atoms. The third-order valence-electron chi connectivity index (χ3n) is 6.13. The molecule has 0 radical (unpaired) electrons. The zero-order chi connectivity index (χ0) is 25.2. The van der Waals surface area contributed by atoms with Gasteiger partial charge in [0.05, 0.1) is 6.20 Å². The number of hydrogen-bond acceptors (Lipinski definition) is 7. The molecule has 11 heteroatoms. The molecule has 2 aromatic carbocycles. The Labute approximate surface area is 204 Å². The van der Waals surface area contributed by atoms with E-state index in [0.717, 1.165) is 43.8 Å². The van der Waals surface area contributed by atoms with Crippen molar-refractivity contribution in [2.24, 2.45) is 0 Å². The highest BCUT2D eigenvalue weighted by molar-refractivity contribution is 7.79. The lowest BCUT2D eigenvalue weighted by Crippen LogP contribution is -2.41. The summed E-state index contributed by atoms with van der Waals surface area (Å²) in [5.74, 6) is -5.58. The van der Waals surface area contributed by atoms with Gasteiger partial charge in [0.1, 0.15) is 0 Å². The van der Waals surface area contributed by atoms with Crippen molar-refractivity contribution in [2.45, 2.75) is 29.7 Å². The summed E-state index contributed by atoms with van der Waals surface area (Å²) in [6.45, 7) is 1.87. The minimum Gasteiger partial charge on any atom is -0.768 e. The van der Waals surface area contributed by atoms with Gasteiger partial charge in [-0.1, -0.05) is 18.2 Å². The van der Waals surface area contributed by atoms with Crippen molar-refractivity contribution in [3.8, 4) is 0 Å². The normalized spacial score (nSPS) is 15.9. The second kappa shape index (κ2) is 10.3. The third kappa shape index (κ3) is 5.47. The summed E-state index contributed by atoms with van der Waals surface area (Å²) >= 11 is -2.93. The van der Waals surface area contributed by atoms with Gasteiger partial charge in [-0.3, -0.25) is 4.21 Å². The molecule has 7 nitrogen and oxygen atoms in total. The highest BCUT2D eigenvalue weighted by Crippen LogP contribution is 2.39. The van der Waals surface area contributed by atoms with E-state index in [1.807, 2.05) is 12.1 Å². The molecule has 1 saturated heterocycles. The Morgan fingerprint density at radius 3 is 2.40 bits per heavy atom. The zero-order valence-electron chi connectivity index (χ0n) is 19.2. The predicted octanol–water partition coefficient (Wildman–Crippen LogP) is 4.27. The van der Waals surface area contributed by atoms with Crippen LogP contribution in [0, 0.1) is 5.82 Å². The fraction of sp³-hybridized carbons (Fsp3) is 0.333. The Morgan fingerprint density at radius 1 is 1.11 bits per heavy atom. The fourth-order valence-electron chi connectivity index (χ4n) is 4.17. The summed E-state index contributed by atoms with van der Waals surface area (Å²) in [6.07, 6.45) is 2.77. The molecule has 4 rings (SSSR count). The largest absolute Gasteiger partial charge is 0.768 e. The standard InChI is InChI=1S/C24H26F3N5O2S/c1-31(2)17-11-13-32(14-12-17)18-9-7-16(8-10-18)29-23-28-15-20(25)22(30-23)24(26,27)19-5-3-4-6-21(19)35(33)34/h3-10,15,17H,11-14H2,1-2H3,(H,33,34)(H,28,29,30)/p-1. The molecule has 3 aromatic rings. The van der Waals surface area contributed by atoms with Crippen LogP contribution in [-0.2, 0) is 17.0 Å². The van der Waals surface area contributed by atoms with E-state index in [9.17, 15) is 13.2 Å². The van der Waals surface area contributed by atoms with Gasteiger partial charge >= 0.3 is 5.92 Å². The first-order chi connectivity index (χ1) is 16.7. The number of nitrogens with zero attached hydrogens (tertiary/aromatic N) is 4. The number of aromatic nitrogens is 2. The van der Waals surface area contributed by atoms with Gasteiger partial charge in [-0.2, -0.15) is 8.78 Å². The molecule has 1 N–H and O–H groups in total. The number of anilines is 3. The molecule has 0 aliphatic carbocycles. The van der Waals surface area contributed by atoms with Crippen LogP contribution in [0.4, 0.5) is 30.5 Å². The van der Waals surface area contributed by atoms with E-state index in [0.29, 0.717) is 17.9 Å². The van der Waals surface area contributed by atoms with Gasteiger partial charge in [0.2, 0.25) is 5.95 Å². The van der Waals surface area contributed by atoms with Crippen molar-refractivity contribution in [1.82, 2.24) is 14.9 Å². The first kappa shape index (κ1) is 25.1. The van der Waals surface area contributed by atoms with E-state index in [4.69, 9.17) is 0 Å². The maximum atomic E-state index is 15.2. The molecule has 1 aliphatic heterocycles. The number of benzene rings is 2. The smallest absolute Gasteiger partial charge is 0.319 e. The van der Waals surface area contributed by atoms with Crippen molar-refractivity contribution in [3.05, 3.63) is 71.8 Å². The zero-order valence-corrected chi connectivity index (χ0v) is 20.1. The molecular formula is C24H25F3N5O2S-. The van der Waals surface area contributed by atoms with Gasteiger partial charge in [0, 0.05) is 41.0 Å². The lowest BCUT2D eigenvalue weighted by atomic mass is 10.0. The molecule has 1 fully saturated rings. The van der Waals surface area contributed by atoms with Gasteiger partial charge in [0.25, 0.3) is 0 Å². The summed E-state index contributed by atoms with van der Waals surface area (Å²) in [4.78, 5) is 11.4. The molecule has 1 aliphatic rings. The Bertz CT molecular complexity index is 1200. The molecule has 1 aromatic heterocycles. The molecule has 0 saturated carbocycles. The SMILES string of the molecule is CN(C)C1CCN(c2ccc(Nc3ncc(F)c(C(F)(F)c4ccccc4S(=O)[O-])n3)cc2)CC1. The summed E-state index contributed by atoms with van der Waals surface area (Å²) in [6, 6.07) is 12.4. The monoisotopic (exact) mass is 504 g/mol. The predicted molar refractivity (Wildman–Crippen MR) is 127 cm³/mol. The van der Waals surface area contributed by atoms with Crippen LogP contribution in [0.25, 0.3) is 0 Å². The molecule has 1 unspecified atom stereocenters. The van der Waals surface area contributed by atoms with Crippen LogP contribution in [0.5, 0.6) is 0 Å². The second-order valence-corrected chi connectivity index (χ2v) is 9.46. The lowest BCUT2D eigenvalue weighted by Gasteiger charge is -2.36. The average Bonchev–Trinajstić information content (AvgIpc) is 2.85. The van der Waals surface area contributed by atoms with E-state index in [2.05, 4.69) is 39.2 Å². The minimum atomic E-state index is -4.00. The average molecular weight is 505 g/mol. The molecule has 0 bridgehead atoms. The highest BCUT2D eigenvalue weighted by atomic mass is 32.2. The van der Waals surface area contributed by atoms with Crippen LogP contribution in [0.15, 0.2) is 59.6 Å². The second-order valence-electron chi connectivity index (χ2n) is 8.55. The van der Waals surface area contributed by atoms with E-state index < -0.39 is 39.0 Å². The van der Waals surface area contributed by atoms with Crippen molar-refractivity contribution in [2.75, 3.05) is 37.4 Å². The summed E-state index contributed by atoms with van der Waals surface area (Å²) in [7, 11) is 4.17. The number of nitrogens with one attached hydrogen (secondary N) is 1. The minimum absolute atomic E-state index is 0.235. The van der Waals surface area contributed by atoms with Crippen LogP contribution in [0.2, 0.25) is 0 Å². The van der Waals surface area contributed by atoms with E-state index >= 15 is 8.78 Å². The number of hydrogen-bond donors (Lipinski definition) is 1. The first-order valence-corrected chi connectivity index (χ1v) is 12.1. The first-order valence-electron chi connectivity index (χ1n) is 11.0. The van der Waals surface area contributed by atoms with Crippen LogP contribution in [0.3, 0.4) is 0 Å². The highest BCUT2D eigenvalue weighted by Gasteiger charge is 2.41. The maximum Gasteiger partial charge on any atom is 0.319 e. The Hall–Kier alpha value is -3.02. The van der Waals surface area contributed by atoms with Crippen LogP contribution >= 0.6 is 0 Å². The summed E-state index contributed by atoms with van der Waals surface area (Å²) in [5, 5.41) is 2.82. The number of alkyl halides is 2. The van der Waals surface area contributed by atoms with E-state index in [1.165, 1.54) is 12.1 Å². The number of halogens is 3. The summed E-state index contributed by atoms with van der Waals surface area (Å²) < 4.78 is 67.5. The Balaban J connectivity index is 1.52. The molecule has 35 heavy (non-hydrogen) atoms. The van der Waals surface area contributed by atoms with E-state index in [-0.39, 0.29) is 5.95 Å². The number of piperidine rings is 1. The Morgan fingerprint density at radius 2 is 1.77 bits per heavy atom. The molecule has 0 amide bonds. The van der Waals surface area contributed by atoms with Crippen LogP contribution in [-0.4, -0.2) is 56.9 Å². The van der Waals surface area contributed by atoms with Gasteiger partial charge < -0.3 is 19.7 Å². The van der Waals surface area contributed by atoms with Crippen molar-refractivity contribution in [3.63, 3.8) is 0 Å². The van der Waals surface area contributed by atoms with Crippen molar-refractivity contribution >= 4 is 28.4 Å². The lowest BCUT2D eigenvalue weighted by molar-refractivity contribution is 0.0306. The molecular weight excluding hydrogens is 479 g/mol. The quantitative estimate of drug-likeness (QED) is 0.481. The van der Waals surface area contributed by atoms with Gasteiger partial charge in [0.15, 0.2) is 11.5 Å². The summed E-state index contributed by atoms with van der Waals surface area (Å²) in [5.41, 5.74) is -0.492. The van der Waals surface area contributed by atoms with Gasteiger partial charge in [-0.15, -0.1) is 0 Å². The van der Waals surface area contributed by atoms with Crippen LogP contribution in [0.1, 0.15) is 24.1 Å². The Kier molecular flexibility index (Phi) is 7.39. The van der Waals surface area contributed by atoms with Crippen molar-refractivity contribution < 1.29 is 21.9 Å². The van der Waals surface area contributed by atoms with Crippen LogP contribution < -0.4 is 10.2 Å². The topological polar surface area (TPSA) is 84.4 Å². The maximum absolute atomic E-state index is 15.2. The molecule has 1 atom stereocenters. The third-order valence-corrected chi connectivity index (χ3v) is 6.84. The van der Waals surface area contributed by atoms with Gasteiger partial charge in [-0.25, -0.2) is 14.4 Å². The number of rotatable bonds is 7.